The van der Waals surface area contributed by atoms with Crippen LogP contribution in [0.2, 0.25) is 0 Å². The summed E-state index contributed by atoms with van der Waals surface area (Å²) in [5.41, 5.74) is 14.0. The predicted octanol–water partition coefficient (Wildman–Crippen LogP) is 11.7. The van der Waals surface area contributed by atoms with Gasteiger partial charge in [-0.05, 0) is 208 Å². The molecule has 2 atom stereocenters. The summed E-state index contributed by atoms with van der Waals surface area (Å²) in [6.07, 6.45) is 5.31. The summed E-state index contributed by atoms with van der Waals surface area (Å²) >= 11 is 0. The van der Waals surface area contributed by atoms with Gasteiger partial charge in [-0.25, -0.2) is 14.6 Å². The Balaban J connectivity index is 0.000000252. The SMILES string of the molecule is CC(C)Oc1ccc(C(=O)NN)cc1F.CC(C)Oc1ccc(C(=O)NNC(=O)c2ccc3c(c2)C[C@@]2(CC3)COC(C)(C)N2Cc2ccccc2)cc1F.CC1(C)OC[C@@]2(CCc3ccc(OC=O)cc3C2)N1Cc1ccccc1.CCN(CC)CC.S.S. The third kappa shape index (κ3) is 19.1. The van der Waals surface area contributed by atoms with Crippen LogP contribution in [-0.2, 0) is 53.0 Å². The lowest BCUT2D eigenvalue weighted by Crippen LogP contribution is -2.54. The lowest BCUT2D eigenvalue weighted by atomic mass is 9.76. The average molecular weight is 1280 g/mol. The van der Waals surface area contributed by atoms with E-state index in [1.807, 2.05) is 35.8 Å². The summed E-state index contributed by atoms with van der Waals surface area (Å²) in [6, 6.07) is 40.5. The lowest BCUT2D eigenvalue weighted by molar-refractivity contribution is -0.120. The molecule has 4 aliphatic rings. The highest BCUT2D eigenvalue weighted by Gasteiger charge is 2.54. The Morgan fingerprint density at radius 3 is 1.37 bits per heavy atom. The monoisotopic (exact) mass is 1280 g/mol. The van der Waals surface area contributed by atoms with Crippen molar-refractivity contribution >= 4 is 51.2 Å². The maximum atomic E-state index is 14.3. The first kappa shape index (κ1) is 73.9. The number of aryl methyl sites for hydroxylation is 2. The van der Waals surface area contributed by atoms with Crippen molar-refractivity contribution in [2.24, 2.45) is 5.84 Å². The van der Waals surface area contributed by atoms with E-state index in [2.05, 4.69) is 135 Å². The Labute approximate surface area is 544 Å². The number of carbonyl (C=O) groups excluding carboxylic acids is 4. The zero-order chi connectivity index (χ0) is 63.8. The van der Waals surface area contributed by atoms with Crippen LogP contribution in [0.4, 0.5) is 8.78 Å². The van der Waals surface area contributed by atoms with Gasteiger partial charge >= 0.3 is 0 Å². The number of hydrazine groups is 2. The Morgan fingerprint density at radius 2 is 0.978 bits per heavy atom. The van der Waals surface area contributed by atoms with Crippen LogP contribution in [0.15, 0.2) is 133 Å². The summed E-state index contributed by atoms with van der Waals surface area (Å²) in [7, 11) is 0. The second-order valence-electron chi connectivity index (χ2n) is 24.2. The Morgan fingerprint density at radius 1 is 0.578 bits per heavy atom. The highest BCUT2D eigenvalue weighted by atomic mass is 32.1. The van der Waals surface area contributed by atoms with Gasteiger partial charge in [-0.1, -0.05) is 93.6 Å². The minimum atomic E-state index is -0.642. The molecule has 0 unspecified atom stereocenters. The fourth-order valence-corrected chi connectivity index (χ4v) is 12.0. The fraction of sp³-hybridized carbons (Fsp3) is 0.429. The molecule has 5 N–H and O–H groups in total. The number of hydrogen-bond donors (Lipinski definition) is 4. The number of amides is 3. The molecule has 2 heterocycles. The van der Waals surface area contributed by atoms with Crippen LogP contribution >= 0.6 is 27.0 Å². The normalized spacial score (nSPS) is 18.4. The van der Waals surface area contributed by atoms with Crippen molar-refractivity contribution in [3.63, 3.8) is 0 Å². The number of nitrogens with zero attached hydrogens (tertiary/aromatic N) is 3. The quantitative estimate of drug-likeness (QED) is 0.0311. The topological polar surface area (TPSA) is 186 Å². The minimum Gasteiger partial charge on any atom is -0.488 e. The van der Waals surface area contributed by atoms with Crippen molar-refractivity contribution in [2.75, 3.05) is 32.8 Å². The van der Waals surface area contributed by atoms with E-state index in [-0.39, 0.29) is 78.6 Å². The third-order valence-corrected chi connectivity index (χ3v) is 16.7. The molecule has 0 saturated carbocycles. The number of fused-ring (bicyclic) bond motifs is 2. The minimum absolute atomic E-state index is 0. The molecule has 2 aliphatic heterocycles. The van der Waals surface area contributed by atoms with Crippen molar-refractivity contribution < 1.29 is 51.6 Å². The van der Waals surface area contributed by atoms with Gasteiger partial charge in [-0.3, -0.25) is 45.3 Å². The molecule has 90 heavy (non-hydrogen) atoms. The largest absolute Gasteiger partial charge is 0.488 e. The molecule has 2 fully saturated rings. The number of nitrogens with two attached hydrogens (primary N) is 1. The van der Waals surface area contributed by atoms with Crippen LogP contribution in [-0.4, -0.2) is 106 Å². The van der Waals surface area contributed by atoms with E-state index in [1.54, 1.807) is 33.8 Å². The average Bonchev–Trinajstić information content (AvgIpc) is 1.60. The fourth-order valence-electron chi connectivity index (χ4n) is 12.0. The van der Waals surface area contributed by atoms with Gasteiger partial charge in [0.15, 0.2) is 23.1 Å². The van der Waals surface area contributed by atoms with Gasteiger partial charge in [0.25, 0.3) is 24.2 Å². The molecule has 2 spiro atoms. The van der Waals surface area contributed by atoms with Crippen molar-refractivity contribution in [1.29, 1.82) is 0 Å². The van der Waals surface area contributed by atoms with Crippen LogP contribution < -0.4 is 36.3 Å². The molecule has 16 nitrogen and oxygen atoms in total. The molecule has 488 valence electrons. The number of nitrogen functional groups attached to an aromatic ring is 1. The van der Waals surface area contributed by atoms with Crippen LogP contribution in [0.5, 0.6) is 17.2 Å². The van der Waals surface area contributed by atoms with Crippen LogP contribution in [0.3, 0.4) is 0 Å². The van der Waals surface area contributed by atoms with Gasteiger partial charge in [0.2, 0.25) is 0 Å². The molecule has 10 rings (SSSR count). The second-order valence-corrected chi connectivity index (χ2v) is 24.2. The molecule has 20 heteroatoms. The van der Waals surface area contributed by atoms with E-state index < -0.39 is 35.1 Å². The van der Waals surface area contributed by atoms with E-state index in [4.69, 9.17) is 29.5 Å². The van der Waals surface area contributed by atoms with Crippen LogP contribution in [0.1, 0.15) is 153 Å². The number of hydrogen-bond acceptors (Lipinski definition) is 13. The first-order valence-corrected chi connectivity index (χ1v) is 30.5. The molecule has 0 radical (unpaired) electrons. The molecule has 0 bridgehead atoms. The number of carbonyl (C=O) groups is 4. The lowest BCUT2D eigenvalue weighted by Gasteiger charge is -2.45. The zero-order valence-corrected chi connectivity index (χ0v) is 56.0. The van der Waals surface area contributed by atoms with Crippen LogP contribution in [0.25, 0.3) is 0 Å². The number of halogens is 2. The molecule has 2 saturated heterocycles. The van der Waals surface area contributed by atoms with Gasteiger partial charge < -0.3 is 28.6 Å². The van der Waals surface area contributed by atoms with Crippen molar-refractivity contribution in [1.82, 2.24) is 31.0 Å². The molecule has 0 aromatic heterocycles. The Kier molecular flexibility index (Phi) is 27.4. The summed E-state index contributed by atoms with van der Waals surface area (Å²) in [5.74, 6) is 2.90. The van der Waals surface area contributed by atoms with Crippen molar-refractivity contribution in [3.05, 3.63) is 195 Å². The van der Waals surface area contributed by atoms with E-state index in [0.29, 0.717) is 24.4 Å². The van der Waals surface area contributed by atoms with E-state index in [9.17, 15) is 28.0 Å². The van der Waals surface area contributed by atoms with Gasteiger partial charge in [0.1, 0.15) is 17.2 Å². The van der Waals surface area contributed by atoms with Gasteiger partial charge in [0, 0.05) is 29.8 Å². The molecular formula is C70H93F2N7O9S2. The number of rotatable bonds is 16. The number of benzene rings is 6. The predicted molar refractivity (Wildman–Crippen MR) is 358 cm³/mol. The first-order valence-electron chi connectivity index (χ1n) is 30.5. The van der Waals surface area contributed by atoms with E-state index >= 15 is 0 Å². The maximum Gasteiger partial charge on any atom is 0.298 e. The van der Waals surface area contributed by atoms with Gasteiger partial charge in [0.05, 0.1) is 36.5 Å². The van der Waals surface area contributed by atoms with E-state index in [0.717, 1.165) is 75.9 Å². The van der Waals surface area contributed by atoms with Crippen LogP contribution in [0, 0.1) is 11.6 Å². The molecule has 6 aromatic rings. The summed E-state index contributed by atoms with van der Waals surface area (Å²) < 4.78 is 55.9. The summed E-state index contributed by atoms with van der Waals surface area (Å²) in [6.45, 7) is 29.3. The Bertz CT molecular complexity index is 3320. The molecule has 2 aliphatic carbocycles. The molecule has 6 aromatic carbocycles. The standard InChI is InChI=1S/C32H36FN3O4.C22H25NO3.C10H13FN2O2.C6H15N.2H2S/c1-21(2)40-28-13-12-25(17-27(28)33)30(38)35-34-29(37)24-11-10-23-14-15-32(18-26(23)16-24)20-39-31(3,4)36(32)19-22-8-6-5-7-9-22;1-21(2)23(14-17-6-4-3-5-7-17)22(15-26-21)11-10-18-8-9-20(25-16-24)12-19(18)13-22;1-6(2)15-9-4-3-7(5-8(9)11)10(14)13-12;1-4-7(5-2)6-3;;/h5-13,16-17,21H,14-15,18-20H2,1-4H3,(H,34,37)(H,35,38);3-9,12,16H,10-11,13-15H2,1-2H3;3-6H,12H2,1-2H3,(H,13,14);4-6H2,1-3H3;2*1H2/t32-;22-;;;;/m00..../s1. The number of nitrogens with one attached hydrogen (secondary N) is 3. The molecular weight excluding hydrogens is 1180 g/mol. The number of ether oxygens (including phenoxy) is 5. The molecule has 3 amide bonds. The summed E-state index contributed by atoms with van der Waals surface area (Å²) in [4.78, 5) is 54.6. The smallest absolute Gasteiger partial charge is 0.298 e. The maximum absolute atomic E-state index is 14.3. The van der Waals surface area contributed by atoms with E-state index in [1.165, 1.54) is 71.7 Å². The van der Waals surface area contributed by atoms with Gasteiger partial charge in [-0.2, -0.15) is 27.0 Å². The third-order valence-electron chi connectivity index (χ3n) is 16.7. The zero-order valence-electron chi connectivity index (χ0n) is 54.0. The first-order chi connectivity index (χ1) is 42.0. The highest BCUT2D eigenvalue weighted by molar-refractivity contribution is 7.59. The highest BCUT2D eigenvalue weighted by Crippen LogP contribution is 2.46. The second kappa shape index (κ2) is 33.4. The Hall–Kier alpha value is -6.88. The van der Waals surface area contributed by atoms with Gasteiger partial charge in [-0.15, -0.1) is 0 Å². The van der Waals surface area contributed by atoms with Crippen molar-refractivity contribution in [3.8, 4) is 17.2 Å². The summed E-state index contributed by atoms with van der Waals surface area (Å²) in [5, 5.41) is 0. The van der Waals surface area contributed by atoms with Crippen molar-refractivity contribution in [2.45, 2.75) is 163 Å².